The lowest BCUT2D eigenvalue weighted by molar-refractivity contribution is -0.169. The number of hydrogen-bond acceptors (Lipinski definition) is 4. The van der Waals surface area contributed by atoms with Gasteiger partial charge in [0.2, 0.25) is 5.91 Å². The first kappa shape index (κ1) is 25.4. The van der Waals surface area contributed by atoms with E-state index in [0.717, 1.165) is 44.9 Å². The van der Waals surface area contributed by atoms with Crippen LogP contribution in [0.1, 0.15) is 91.9 Å². The lowest BCUT2D eigenvalue weighted by Crippen LogP contribution is -2.60. The Morgan fingerprint density at radius 1 is 1.06 bits per heavy atom. The molecule has 34 heavy (non-hydrogen) atoms. The van der Waals surface area contributed by atoms with E-state index in [2.05, 4.69) is 33.0 Å². The summed E-state index contributed by atoms with van der Waals surface area (Å²) in [7, 11) is 0. The molecular weight excluding hydrogens is 430 g/mol. The molecule has 2 N–H and O–H groups in total. The summed E-state index contributed by atoms with van der Waals surface area (Å²) in [6, 6.07) is 0. The van der Waals surface area contributed by atoms with Gasteiger partial charge in [0.25, 0.3) is 0 Å². The average Bonchev–Trinajstić information content (AvgIpc) is 3.14. The number of ketones is 2. The minimum atomic E-state index is -1.02. The van der Waals surface area contributed by atoms with Crippen LogP contribution in [0.3, 0.4) is 0 Å². The van der Waals surface area contributed by atoms with Gasteiger partial charge in [0.1, 0.15) is 18.1 Å². The van der Waals surface area contributed by atoms with Crippen LogP contribution >= 0.6 is 0 Å². The summed E-state index contributed by atoms with van der Waals surface area (Å²) in [6.07, 6.45) is 8.53. The van der Waals surface area contributed by atoms with Crippen molar-refractivity contribution in [2.45, 2.75) is 91.9 Å². The van der Waals surface area contributed by atoms with Crippen LogP contribution in [-0.4, -0.2) is 35.1 Å². The van der Waals surface area contributed by atoms with Gasteiger partial charge in [0, 0.05) is 31.1 Å². The molecule has 0 heterocycles. The number of fused-ring (bicyclic) bond motifs is 5. The van der Waals surface area contributed by atoms with Crippen molar-refractivity contribution in [2.75, 3.05) is 6.54 Å². The fraction of sp³-hybridized carbons (Fsp3) is 0.857. The van der Waals surface area contributed by atoms with Crippen molar-refractivity contribution >= 4 is 23.4 Å². The first-order chi connectivity index (χ1) is 16.0. The Morgan fingerprint density at radius 2 is 1.76 bits per heavy atom. The number of carboxylic acid groups (broad SMARTS) is 1. The van der Waals surface area contributed by atoms with Gasteiger partial charge in [0.05, 0.1) is 0 Å². The summed E-state index contributed by atoms with van der Waals surface area (Å²) in [6.45, 7) is 8.82. The highest BCUT2D eigenvalue weighted by molar-refractivity contribution is 5.88. The van der Waals surface area contributed by atoms with E-state index in [1.807, 2.05) is 0 Å². The van der Waals surface area contributed by atoms with E-state index < -0.39 is 5.97 Å². The molecule has 9 unspecified atom stereocenters. The van der Waals surface area contributed by atoms with E-state index in [1.165, 1.54) is 0 Å². The van der Waals surface area contributed by atoms with Gasteiger partial charge in [-0.1, -0.05) is 27.7 Å². The zero-order valence-electron chi connectivity index (χ0n) is 21.4. The highest BCUT2D eigenvalue weighted by atomic mass is 16.4. The van der Waals surface area contributed by atoms with E-state index in [-0.39, 0.29) is 41.0 Å². The smallest absolute Gasteiger partial charge is 0.322 e. The molecule has 0 aromatic rings. The zero-order valence-corrected chi connectivity index (χ0v) is 21.4. The first-order valence-corrected chi connectivity index (χ1v) is 13.6. The topological polar surface area (TPSA) is 101 Å². The molecule has 6 nitrogen and oxygen atoms in total. The molecule has 0 spiro atoms. The number of carbonyl (C=O) groups is 4. The molecule has 0 saturated heterocycles. The predicted molar refractivity (Wildman–Crippen MR) is 129 cm³/mol. The Kier molecular flexibility index (Phi) is 7.00. The van der Waals surface area contributed by atoms with Gasteiger partial charge in [-0.2, -0.15) is 0 Å². The quantitative estimate of drug-likeness (QED) is 0.561. The van der Waals surface area contributed by atoms with E-state index in [9.17, 15) is 19.2 Å². The fourth-order valence-electron chi connectivity index (χ4n) is 9.24. The van der Waals surface area contributed by atoms with Crippen molar-refractivity contribution in [3.8, 4) is 0 Å². The van der Waals surface area contributed by atoms with Crippen molar-refractivity contribution < 1.29 is 24.3 Å². The molecule has 4 rings (SSSR count). The van der Waals surface area contributed by atoms with Gasteiger partial charge in [-0.25, -0.2) is 0 Å². The van der Waals surface area contributed by atoms with Crippen LogP contribution < -0.4 is 5.32 Å². The van der Waals surface area contributed by atoms with E-state index in [1.54, 1.807) is 0 Å². The van der Waals surface area contributed by atoms with Gasteiger partial charge >= 0.3 is 5.97 Å². The number of amides is 1. The van der Waals surface area contributed by atoms with Crippen LogP contribution in [-0.2, 0) is 19.2 Å². The van der Waals surface area contributed by atoms with Gasteiger partial charge < -0.3 is 10.4 Å². The predicted octanol–water partition coefficient (Wildman–Crippen LogP) is 4.65. The first-order valence-electron chi connectivity index (χ1n) is 13.6. The van der Waals surface area contributed by atoms with Crippen LogP contribution in [0, 0.1) is 52.3 Å². The minimum Gasteiger partial charge on any atom is -0.480 e. The zero-order chi connectivity index (χ0) is 24.8. The van der Waals surface area contributed by atoms with Crippen molar-refractivity contribution in [2.24, 2.45) is 52.3 Å². The molecule has 4 fully saturated rings. The molecule has 0 bridgehead atoms. The summed E-state index contributed by atoms with van der Waals surface area (Å²) in [5, 5.41) is 11.2. The average molecular weight is 474 g/mol. The van der Waals surface area contributed by atoms with E-state index in [4.69, 9.17) is 5.11 Å². The number of nitrogens with one attached hydrogen (secondary N) is 1. The summed E-state index contributed by atoms with van der Waals surface area (Å²) < 4.78 is 0. The second-order valence-electron chi connectivity index (χ2n) is 12.4. The van der Waals surface area contributed by atoms with E-state index in [0.29, 0.717) is 54.5 Å². The van der Waals surface area contributed by atoms with Gasteiger partial charge in [-0.15, -0.1) is 0 Å². The van der Waals surface area contributed by atoms with Crippen LogP contribution in [0.4, 0.5) is 0 Å². The molecule has 4 saturated carbocycles. The summed E-state index contributed by atoms with van der Waals surface area (Å²) in [4.78, 5) is 49.1. The van der Waals surface area contributed by atoms with Crippen LogP contribution in [0.5, 0.6) is 0 Å². The van der Waals surface area contributed by atoms with Crippen LogP contribution in [0.2, 0.25) is 0 Å². The number of Topliss-reactive ketones (excluding diaryl/α,β-unsaturated/α-hetero) is 2. The second-order valence-corrected chi connectivity index (χ2v) is 12.4. The summed E-state index contributed by atoms with van der Waals surface area (Å²) in [5.74, 6) is 1.57. The SMILES string of the molecule is CCC1C(=O)C2C3CCC(C(C)CCC(=O)NCC(=O)O)C3(C)CCC2C2(C)CCC(=O)CC12. The molecular formula is C28H43NO5. The summed E-state index contributed by atoms with van der Waals surface area (Å²) >= 11 is 0. The monoisotopic (exact) mass is 473 g/mol. The molecule has 9 atom stereocenters. The Hall–Kier alpha value is -1.72. The molecule has 4 aliphatic rings. The third-order valence-corrected chi connectivity index (χ3v) is 11.0. The molecule has 190 valence electrons. The van der Waals surface area contributed by atoms with Gasteiger partial charge in [-0.05, 0) is 85.4 Å². The van der Waals surface area contributed by atoms with Crippen molar-refractivity contribution in [3.63, 3.8) is 0 Å². The largest absolute Gasteiger partial charge is 0.480 e. The highest BCUT2D eigenvalue weighted by Crippen LogP contribution is 2.68. The second kappa shape index (κ2) is 9.39. The Balaban J connectivity index is 1.51. The van der Waals surface area contributed by atoms with Crippen molar-refractivity contribution in [1.82, 2.24) is 5.32 Å². The maximum absolute atomic E-state index is 14.0. The van der Waals surface area contributed by atoms with Gasteiger partial charge in [0.15, 0.2) is 0 Å². The molecule has 0 aliphatic heterocycles. The standard InChI is InChI=1S/C28H43NO5/c1-5-18-22-14-17(30)10-12-28(22,4)21-11-13-27(3)19(7-8-20(27)25(21)26(18)34)16(2)6-9-23(31)29-15-24(32)33/h16,18-22,25H,5-15H2,1-4H3,(H,29,31)(H,32,33). The molecule has 0 aromatic heterocycles. The number of aliphatic carboxylic acids is 1. The van der Waals surface area contributed by atoms with Crippen molar-refractivity contribution in [3.05, 3.63) is 0 Å². The Labute approximate surface area is 204 Å². The lowest BCUT2D eigenvalue weighted by atomic mass is 9.42. The third-order valence-electron chi connectivity index (χ3n) is 11.0. The van der Waals surface area contributed by atoms with Crippen molar-refractivity contribution in [1.29, 1.82) is 0 Å². The number of carbonyl (C=O) groups excluding carboxylic acids is 3. The van der Waals surface area contributed by atoms with Crippen LogP contribution in [0.25, 0.3) is 0 Å². The fourth-order valence-corrected chi connectivity index (χ4v) is 9.24. The molecule has 1 amide bonds. The Morgan fingerprint density at radius 3 is 2.44 bits per heavy atom. The molecule has 4 aliphatic carbocycles. The lowest BCUT2D eigenvalue weighted by Gasteiger charge is -2.61. The third kappa shape index (κ3) is 4.13. The molecule has 0 aromatic carbocycles. The highest BCUT2D eigenvalue weighted by Gasteiger charge is 2.65. The van der Waals surface area contributed by atoms with Crippen LogP contribution in [0.15, 0.2) is 0 Å². The number of rotatable bonds is 7. The maximum Gasteiger partial charge on any atom is 0.322 e. The minimum absolute atomic E-state index is 0.0206. The van der Waals surface area contributed by atoms with Gasteiger partial charge in [-0.3, -0.25) is 19.2 Å². The number of carboxylic acids is 1. The Bertz CT molecular complexity index is 854. The molecule has 6 heteroatoms. The van der Waals surface area contributed by atoms with E-state index >= 15 is 0 Å². The number of hydrogen-bond donors (Lipinski definition) is 2. The maximum atomic E-state index is 14.0. The molecule has 0 radical (unpaired) electrons. The normalized spacial score (nSPS) is 42.4. The summed E-state index contributed by atoms with van der Waals surface area (Å²) in [5.41, 5.74) is 0.209.